The summed E-state index contributed by atoms with van der Waals surface area (Å²) in [5, 5.41) is 0. The van der Waals surface area contributed by atoms with E-state index in [1.807, 2.05) is 12.1 Å². The molecule has 0 saturated heterocycles. The summed E-state index contributed by atoms with van der Waals surface area (Å²) in [6.07, 6.45) is 6.72. The van der Waals surface area contributed by atoms with Crippen LogP contribution in [0.4, 0.5) is 0 Å². The van der Waals surface area contributed by atoms with Crippen LogP contribution in [0, 0.1) is 0 Å². The molecule has 2 aromatic rings. The van der Waals surface area contributed by atoms with Crippen molar-refractivity contribution >= 4 is 5.78 Å². The van der Waals surface area contributed by atoms with Crippen molar-refractivity contribution in [2.24, 2.45) is 0 Å². The maximum atomic E-state index is 11.6. The third kappa shape index (κ3) is 1.93. The molecular formula is C11H11N3O. The number of H-pyrrole nitrogens is 1. The Morgan fingerprint density at radius 1 is 1.47 bits per heavy atom. The number of carbonyl (C=O) groups excluding carboxylic acids is 1. The molecule has 0 bridgehead atoms. The Hall–Kier alpha value is -1.97. The summed E-state index contributed by atoms with van der Waals surface area (Å²) in [4.78, 5) is 22.6. The highest BCUT2D eigenvalue weighted by Gasteiger charge is 2.21. The quantitative estimate of drug-likeness (QED) is 0.819. The summed E-state index contributed by atoms with van der Waals surface area (Å²) < 4.78 is 0. The van der Waals surface area contributed by atoms with E-state index in [1.54, 1.807) is 31.7 Å². The fourth-order valence-electron chi connectivity index (χ4n) is 1.57. The topological polar surface area (TPSA) is 58.6 Å². The summed E-state index contributed by atoms with van der Waals surface area (Å²) in [6.45, 7) is 1.56. The van der Waals surface area contributed by atoms with Crippen LogP contribution in [-0.2, 0) is 4.79 Å². The largest absolute Gasteiger partial charge is 0.348 e. The van der Waals surface area contributed by atoms with Gasteiger partial charge in [0.15, 0.2) is 0 Å². The normalized spacial score (nSPS) is 12.3. The maximum absolute atomic E-state index is 11.6. The van der Waals surface area contributed by atoms with Gasteiger partial charge in [0.2, 0.25) is 0 Å². The molecule has 0 aromatic carbocycles. The van der Waals surface area contributed by atoms with E-state index in [0.29, 0.717) is 5.82 Å². The Bertz CT molecular complexity index is 436. The van der Waals surface area contributed by atoms with Crippen LogP contribution in [0.2, 0.25) is 0 Å². The maximum Gasteiger partial charge on any atom is 0.144 e. The first-order valence-corrected chi connectivity index (χ1v) is 4.68. The monoisotopic (exact) mass is 201 g/mol. The van der Waals surface area contributed by atoms with Crippen LogP contribution in [0.5, 0.6) is 0 Å². The number of aromatic nitrogens is 3. The first-order chi connectivity index (χ1) is 7.29. The molecule has 0 aliphatic rings. The van der Waals surface area contributed by atoms with Crippen LogP contribution in [0.3, 0.4) is 0 Å². The highest BCUT2D eigenvalue weighted by molar-refractivity contribution is 5.85. The molecule has 15 heavy (non-hydrogen) atoms. The van der Waals surface area contributed by atoms with Crippen molar-refractivity contribution in [1.29, 1.82) is 0 Å². The fraction of sp³-hybridized carbons (Fsp3) is 0.182. The van der Waals surface area contributed by atoms with Crippen LogP contribution < -0.4 is 0 Å². The number of aromatic amines is 1. The third-order valence-electron chi connectivity index (χ3n) is 2.22. The zero-order valence-corrected chi connectivity index (χ0v) is 8.34. The average Bonchev–Trinajstić information content (AvgIpc) is 2.72. The second-order valence-corrected chi connectivity index (χ2v) is 3.30. The number of Topliss-reactive ketones (excluding diaryl/α,β-unsaturated/α-hetero) is 1. The average molecular weight is 201 g/mol. The van der Waals surface area contributed by atoms with Gasteiger partial charge in [-0.05, 0) is 18.6 Å². The standard InChI is InChI=1S/C11H11N3O/c1-8(15)10(11-13-5-6-14-11)9-3-2-4-12-7-9/h2-7,10H,1H3,(H,13,14). The van der Waals surface area contributed by atoms with Crippen molar-refractivity contribution in [3.8, 4) is 0 Å². The minimum absolute atomic E-state index is 0.0537. The number of ketones is 1. The van der Waals surface area contributed by atoms with E-state index in [2.05, 4.69) is 15.0 Å². The van der Waals surface area contributed by atoms with Gasteiger partial charge in [-0.1, -0.05) is 6.07 Å². The molecule has 76 valence electrons. The molecule has 4 heteroatoms. The Kier molecular flexibility index (Phi) is 2.58. The molecule has 0 aliphatic heterocycles. The lowest BCUT2D eigenvalue weighted by Crippen LogP contribution is -2.12. The van der Waals surface area contributed by atoms with Gasteiger partial charge < -0.3 is 4.98 Å². The number of pyridine rings is 1. The molecule has 0 amide bonds. The first-order valence-electron chi connectivity index (χ1n) is 4.68. The fourth-order valence-corrected chi connectivity index (χ4v) is 1.57. The molecule has 0 aliphatic carbocycles. The van der Waals surface area contributed by atoms with Crippen LogP contribution in [0.15, 0.2) is 36.9 Å². The molecular weight excluding hydrogens is 190 g/mol. The van der Waals surface area contributed by atoms with E-state index in [4.69, 9.17) is 0 Å². The van der Waals surface area contributed by atoms with Gasteiger partial charge in [0.1, 0.15) is 17.5 Å². The van der Waals surface area contributed by atoms with Gasteiger partial charge in [-0.25, -0.2) is 4.98 Å². The molecule has 0 spiro atoms. The summed E-state index contributed by atoms with van der Waals surface area (Å²) in [7, 11) is 0. The van der Waals surface area contributed by atoms with E-state index in [0.717, 1.165) is 5.56 Å². The lowest BCUT2D eigenvalue weighted by atomic mass is 9.96. The number of hydrogen-bond donors (Lipinski definition) is 1. The predicted octanol–water partition coefficient (Wildman–Crippen LogP) is 1.53. The van der Waals surface area contributed by atoms with E-state index in [9.17, 15) is 4.79 Å². The van der Waals surface area contributed by atoms with Crippen molar-refractivity contribution in [2.45, 2.75) is 12.8 Å². The number of imidazole rings is 1. The number of carbonyl (C=O) groups is 1. The van der Waals surface area contributed by atoms with Gasteiger partial charge in [-0.3, -0.25) is 9.78 Å². The van der Waals surface area contributed by atoms with Gasteiger partial charge >= 0.3 is 0 Å². The van der Waals surface area contributed by atoms with E-state index in [1.165, 1.54) is 0 Å². The Balaban J connectivity index is 2.42. The Morgan fingerprint density at radius 2 is 2.33 bits per heavy atom. The molecule has 0 radical (unpaired) electrons. The van der Waals surface area contributed by atoms with Gasteiger partial charge in [-0.15, -0.1) is 0 Å². The lowest BCUT2D eigenvalue weighted by molar-refractivity contribution is -0.117. The zero-order valence-electron chi connectivity index (χ0n) is 8.34. The molecule has 2 aromatic heterocycles. The van der Waals surface area contributed by atoms with E-state index >= 15 is 0 Å². The van der Waals surface area contributed by atoms with E-state index < -0.39 is 0 Å². The zero-order chi connectivity index (χ0) is 10.7. The minimum atomic E-state index is -0.339. The lowest BCUT2D eigenvalue weighted by Gasteiger charge is -2.10. The molecule has 1 unspecified atom stereocenters. The molecule has 1 N–H and O–H groups in total. The van der Waals surface area contributed by atoms with Crippen molar-refractivity contribution in [3.05, 3.63) is 48.3 Å². The van der Waals surface area contributed by atoms with Gasteiger partial charge in [-0.2, -0.15) is 0 Å². The molecule has 0 fully saturated rings. The SMILES string of the molecule is CC(=O)C(c1cccnc1)c1ncc[nH]1. The third-order valence-corrected chi connectivity index (χ3v) is 2.22. The number of nitrogens with one attached hydrogen (secondary N) is 1. The van der Waals surface area contributed by atoms with Crippen molar-refractivity contribution < 1.29 is 4.79 Å². The number of hydrogen-bond acceptors (Lipinski definition) is 3. The summed E-state index contributed by atoms with van der Waals surface area (Å²) in [6, 6.07) is 3.69. The molecule has 1 atom stereocenters. The first kappa shape index (κ1) is 9.58. The summed E-state index contributed by atoms with van der Waals surface area (Å²) >= 11 is 0. The predicted molar refractivity (Wildman–Crippen MR) is 55.3 cm³/mol. The van der Waals surface area contributed by atoms with Crippen LogP contribution >= 0.6 is 0 Å². The molecule has 4 nitrogen and oxygen atoms in total. The van der Waals surface area contributed by atoms with Gasteiger partial charge in [0.05, 0.1) is 0 Å². The second-order valence-electron chi connectivity index (χ2n) is 3.30. The van der Waals surface area contributed by atoms with Crippen LogP contribution in [-0.4, -0.2) is 20.7 Å². The van der Waals surface area contributed by atoms with Crippen LogP contribution in [0.25, 0.3) is 0 Å². The summed E-state index contributed by atoms with van der Waals surface area (Å²) in [5.74, 6) is 0.377. The second kappa shape index (κ2) is 4.04. The Morgan fingerprint density at radius 3 is 2.87 bits per heavy atom. The van der Waals surface area contributed by atoms with Gasteiger partial charge in [0.25, 0.3) is 0 Å². The van der Waals surface area contributed by atoms with Crippen molar-refractivity contribution in [1.82, 2.24) is 15.0 Å². The minimum Gasteiger partial charge on any atom is -0.348 e. The highest BCUT2D eigenvalue weighted by atomic mass is 16.1. The van der Waals surface area contributed by atoms with E-state index in [-0.39, 0.29) is 11.7 Å². The molecule has 2 rings (SSSR count). The summed E-state index contributed by atoms with van der Waals surface area (Å²) in [5.41, 5.74) is 0.861. The van der Waals surface area contributed by atoms with Crippen molar-refractivity contribution in [3.63, 3.8) is 0 Å². The smallest absolute Gasteiger partial charge is 0.144 e. The highest BCUT2D eigenvalue weighted by Crippen LogP contribution is 2.21. The van der Waals surface area contributed by atoms with Crippen molar-refractivity contribution in [2.75, 3.05) is 0 Å². The molecule has 0 saturated carbocycles. The molecule has 2 heterocycles. The Labute approximate surface area is 87.4 Å². The number of nitrogens with zero attached hydrogens (tertiary/aromatic N) is 2. The van der Waals surface area contributed by atoms with Gasteiger partial charge in [0, 0.05) is 24.8 Å². The number of rotatable bonds is 3. The van der Waals surface area contributed by atoms with Crippen LogP contribution in [0.1, 0.15) is 24.2 Å².